The number of hydrogen-bond donors (Lipinski definition) is 0. The van der Waals surface area contributed by atoms with E-state index >= 15 is 0 Å². The molecule has 1 unspecified atom stereocenters. The number of carbonyl (C=O) groups is 2. The lowest BCUT2D eigenvalue weighted by molar-refractivity contribution is -0.174. The molecule has 0 bridgehead atoms. The molecule has 0 amide bonds. The van der Waals surface area contributed by atoms with Crippen LogP contribution in [0, 0.1) is 0 Å². The van der Waals surface area contributed by atoms with E-state index in [4.69, 9.17) is 9.47 Å². The van der Waals surface area contributed by atoms with Gasteiger partial charge < -0.3 is 9.47 Å². The minimum absolute atomic E-state index is 0.129. The van der Waals surface area contributed by atoms with Crippen molar-refractivity contribution >= 4 is 38.6 Å². The third-order valence-corrected chi connectivity index (χ3v) is 4.81. The molecule has 0 saturated carbocycles. The van der Waals surface area contributed by atoms with Gasteiger partial charge in [-0.2, -0.15) is 0 Å². The SMILES string of the molecule is C=C1COC(=O)C(C(=O)OC(C)(C)C)(c2ccc3cc(Br)ccc3c2)C1. The molecule has 2 aromatic carbocycles. The van der Waals surface area contributed by atoms with E-state index in [1.54, 1.807) is 26.8 Å². The quantitative estimate of drug-likeness (QED) is 0.404. The first kappa shape index (κ1) is 18.6. The van der Waals surface area contributed by atoms with E-state index in [1.807, 2.05) is 30.3 Å². The molecule has 2 aromatic rings. The summed E-state index contributed by atoms with van der Waals surface area (Å²) in [7, 11) is 0. The van der Waals surface area contributed by atoms with Crippen LogP contribution in [0.2, 0.25) is 0 Å². The van der Waals surface area contributed by atoms with Gasteiger partial charge in [0.05, 0.1) is 0 Å². The predicted molar refractivity (Wildman–Crippen MR) is 104 cm³/mol. The summed E-state index contributed by atoms with van der Waals surface area (Å²) in [5.41, 5.74) is -0.992. The molecule has 0 radical (unpaired) electrons. The van der Waals surface area contributed by atoms with E-state index in [1.165, 1.54) is 0 Å². The maximum atomic E-state index is 13.1. The van der Waals surface area contributed by atoms with E-state index in [0.717, 1.165) is 15.2 Å². The van der Waals surface area contributed by atoms with Gasteiger partial charge in [0.15, 0.2) is 5.41 Å². The minimum atomic E-state index is -1.52. The van der Waals surface area contributed by atoms with Gasteiger partial charge in [-0.25, -0.2) is 0 Å². The van der Waals surface area contributed by atoms with E-state index in [2.05, 4.69) is 22.5 Å². The molecule has 3 rings (SSSR count). The zero-order valence-electron chi connectivity index (χ0n) is 15.1. The molecule has 1 fully saturated rings. The lowest BCUT2D eigenvalue weighted by Gasteiger charge is -2.36. The van der Waals surface area contributed by atoms with Gasteiger partial charge in [-0.05, 0) is 60.9 Å². The summed E-state index contributed by atoms with van der Waals surface area (Å²) in [6.07, 6.45) is 0.183. The van der Waals surface area contributed by atoms with Crippen LogP contribution in [0.25, 0.3) is 10.8 Å². The van der Waals surface area contributed by atoms with Crippen molar-refractivity contribution in [3.8, 4) is 0 Å². The third kappa shape index (κ3) is 3.40. The second kappa shape index (κ2) is 6.54. The Labute approximate surface area is 161 Å². The van der Waals surface area contributed by atoms with Crippen LogP contribution in [0.5, 0.6) is 0 Å². The lowest BCUT2D eigenvalue weighted by atomic mass is 9.73. The van der Waals surface area contributed by atoms with Crippen LogP contribution in [0.4, 0.5) is 0 Å². The molecule has 0 aliphatic carbocycles. The van der Waals surface area contributed by atoms with Crippen molar-refractivity contribution in [3.05, 3.63) is 58.6 Å². The Hall–Kier alpha value is -2.14. The highest BCUT2D eigenvalue weighted by Gasteiger charge is 2.54. The average molecular weight is 417 g/mol. The summed E-state index contributed by atoms with van der Waals surface area (Å²) in [6.45, 7) is 9.39. The van der Waals surface area contributed by atoms with Crippen molar-refractivity contribution in [1.82, 2.24) is 0 Å². The highest BCUT2D eigenvalue weighted by Crippen LogP contribution is 2.39. The Morgan fingerprint density at radius 1 is 1.19 bits per heavy atom. The van der Waals surface area contributed by atoms with Crippen LogP contribution in [-0.2, 0) is 24.5 Å². The van der Waals surface area contributed by atoms with Crippen LogP contribution < -0.4 is 0 Å². The molecular weight excluding hydrogens is 396 g/mol. The second-order valence-electron chi connectivity index (χ2n) is 7.62. The highest BCUT2D eigenvalue weighted by molar-refractivity contribution is 9.10. The number of fused-ring (bicyclic) bond motifs is 1. The number of hydrogen-bond acceptors (Lipinski definition) is 4. The standard InChI is InChI=1S/C21H21BrO4/c1-13-11-21(18(23)25-12-13,19(24)26-20(2,3)4)16-7-5-15-10-17(22)8-6-14(15)9-16/h5-10H,1,11-12H2,2-4H3. The van der Waals surface area contributed by atoms with Crippen molar-refractivity contribution in [1.29, 1.82) is 0 Å². The summed E-state index contributed by atoms with van der Waals surface area (Å²) in [4.78, 5) is 25.9. The number of ether oxygens (including phenoxy) is 2. The largest absolute Gasteiger partial charge is 0.460 e. The van der Waals surface area contributed by atoms with E-state index in [-0.39, 0.29) is 13.0 Å². The van der Waals surface area contributed by atoms with Gasteiger partial charge in [-0.3, -0.25) is 9.59 Å². The van der Waals surface area contributed by atoms with Crippen LogP contribution in [-0.4, -0.2) is 24.1 Å². The number of halogens is 1. The monoisotopic (exact) mass is 416 g/mol. The normalized spacial score (nSPS) is 20.8. The first-order valence-corrected chi connectivity index (χ1v) is 9.18. The number of rotatable bonds is 2. The van der Waals surface area contributed by atoms with E-state index < -0.39 is 23.0 Å². The molecule has 26 heavy (non-hydrogen) atoms. The first-order chi connectivity index (χ1) is 12.1. The maximum Gasteiger partial charge on any atom is 0.328 e. The van der Waals surface area contributed by atoms with Gasteiger partial charge in [0.1, 0.15) is 12.2 Å². The molecule has 4 nitrogen and oxygen atoms in total. The van der Waals surface area contributed by atoms with Crippen LogP contribution in [0.3, 0.4) is 0 Å². The van der Waals surface area contributed by atoms with Gasteiger partial charge in [-0.15, -0.1) is 0 Å². The van der Waals surface area contributed by atoms with E-state index in [9.17, 15) is 9.59 Å². The van der Waals surface area contributed by atoms with Crippen molar-refractivity contribution in [3.63, 3.8) is 0 Å². The Balaban J connectivity index is 2.17. The van der Waals surface area contributed by atoms with Crippen molar-refractivity contribution < 1.29 is 19.1 Å². The van der Waals surface area contributed by atoms with Crippen LogP contribution in [0.15, 0.2) is 53.0 Å². The first-order valence-electron chi connectivity index (χ1n) is 8.39. The third-order valence-electron chi connectivity index (χ3n) is 4.31. The molecule has 0 aromatic heterocycles. The zero-order valence-corrected chi connectivity index (χ0v) is 16.7. The Morgan fingerprint density at radius 2 is 1.85 bits per heavy atom. The van der Waals surface area contributed by atoms with Gasteiger partial charge >= 0.3 is 11.9 Å². The summed E-state index contributed by atoms with van der Waals surface area (Å²) in [6, 6.07) is 11.4. The fraction of sp³-hybridized carbons (Fsp3) is 0.333. The maximum absolute atomic E-state index is 13.1. The summed E-state index contributed by atoms with van der Waals surface area (Å²) in [5.74, 6) is -1.19. The summed E-state index contributed by atoms with van der Waals surface area (Å²) >= 11 is 3.45. The van der Waals surface area contributed by atoms with E-state index in [0.29, 0.717) is 11.1 Å². The molecular formula is C21H21BrO4. The topological polar surface area (TPSA) is 52.6 Å². The molecule has 1 atom stereocenters. The van der Waals surface area contributed by atoms with Crippen molar-refractivity contribution in [2.75, 3.05) is 6.61 Å². The fourth-order valence-electron chi connectivity index (χ4n) is 3.13. The molecule has 1 aliphatic heterocycles. The van der Waals surface area contributed by atoms with Crippen molar-refractivity contribution in [2.45, 2.75) is 38.2 Å². The number of carbonyl (C=O) groups excluding carboxylic acids is 2. The number of benzene rings is 2. The average Bonchev–Trinajstić information content (AvgIpc) is 2.55. The summed E-state index contributed by atoms with van der Waals surface area (Å²) < 4.78 is 11.8. The van der Waals surface area contributed by atoms with Crippen molar-refractivity contribution in [2.24, 2.45) is 0 Å². The lowest BCUT2D eigenvalue weighted by Crippen LogP contribution is -2.51. The van der Waals surface area contributed by atoms with Gasteiger partial charge in [0, 0.05) is 10.9 Å². The van der Waals surface area contributed by atoms with Gasteiger partial charge in [0.25, 0.3) is 0 Å². The highest BCUT2D eigenvalue weighted by atomic mass is 79.9. The van der Waals surface area contributed by atoms with Gasteiger partial charge in [-0.1, -0.05) is 40.7 Å². The smallest absolute Gasteiger partial charge is 0.328 e. The fourth-order valence-corrected chi connectivity index (χ4v) is 3.51. The molecule has 0 spiro atoms. The summed E-state index contributed by atoms with van der Waals surface area (Å²) in [5, 5.41) is 1.93. The Kier molecular flexibility index (Phi) is 4.69. The van der Waals surface area contributed by atoms with Crippen LogP contribution >= 0.6 is 15.9 Å². The van der Waals surface area contributed by atoms with Crippen LogP contribution in [0.1, 0.15) is 32.8 Å². The molecule has 1 heterocycles. The Morgan fingerprint density at radius 3 is 2.54 bits per heavy atom. The molecule has 1 aliphatic rings. The molecule has 0 N–H and O–H groups in total. The predicted octanol–water partition coefficient (Wildman–Crippen LogP) is 4.68. The molecule has 1 saturated heterocycles. The zero-order chi connectivity index (χ0) is 19.1. The molecule has 5 heteroatoms. The number of esters is 2. The van der Waals surface area contributed by atoms with Gasteiger partial charge in [0.2, 0.25) is 0 Å². The minimum Gasteiger partial charge on any atom is -0.460 e. The molecule has 136 valence electrons. The number of cyclic esters (lactones) is 1. The Bertz CT molecular complexity index is 910. The second-order valence-corrected chi connectivity index (χ2v) is 8.53.